The lowest BCUT2D eigenvalue weighted by Gasteiger charge is -2.11. The van der Waals surface area contributed by atoms with Crippen molar-refractivity contribution < 1.29 is 4.74 Å². The summed E-state index contributed by atoms with van der Waals surface area (Å²) in [6, 6.07) is 1.86. The van der Waals surface area contributed by atoms with Gasteiger partial charge in [-0.3, -0.25) is 0 Å². The van der Waals surface area contributed by atoms with Gasteiger partial charge in [-0.15, -0.1) is 0 Å². The van der Waals surface area contributed by atoms with Crippen molar-refractivity contribution in [1.82, 2.24) is 4.98 Å². The van der Waals surface area contributed by atoms with Crippen LogP contribution in [0.25, 0.3) is 0 Å². The zero-order chi connectivity index (χ0) is 9.97. The molecule has 0 aliphatic carbocycles. The molecule has 1 aromatic heterocycles. The van der Waals surface area contributed by atoms with Crippen LogP contribution < -0.4 is 10.6 Å². The van der Waals surface area contributed by atoms with Gasteiger partial charge >= 0.3 is 0 Å². The van der Waals surface area contributed by atoms with Crippen molar-refractivity contribution >= 4 is 23.1 Å². The SMILES string of the molecule is COC1CNc2cc(Cl)cnc2NC1. The van der Waals surface area contributed by atoms with Gasteiger partial charge in [-0.25, -0.2) is 4.98 Å². The Balaban J connectivity index is 2.21. The molecule has 1 unspecified atom stereocenters. The second kappa shape index (κ2) is 4.02. The Morgan fingerprint density at radius 1 is 1.50 bits per heavy atom. The predicted octanol–water partition coefficient (Wildman–Crippen LogP) is 1.59. The van der Waals surface area contributed by atoms with E-state index in [1.807, 2.05) is 6.07 Å². The Hall–Kier alpha value is -1.00. The highest BCUT2D eigenvalue weighted by molar-refractivity contribution is 6.30. The lowest BCUT2D eigenvalue weighted by atomic mass is 10.3. The maximum Gasteiger partial charge on any atom is 0.149 e. The molecule has 0 saturated heterocycles. The molecule has 0 aromatic carbocycles. The van der Waals surface area contributed by atoms with Crippen molar-refractivity contribution in [2.45, 2.75) is 6.10 Å². The van der Waals surface area contributed by atoms with Crippen molar-refractivity contribution in [2.24, 2.45) is 0 Å². The van der Waals surface area contributed by atoms with Gasteiger partial charge in [0, 0.05) is 26.4 Å². The standard InChI is InChI=1S/C9H12ClN3O/c1-14-7-4-11-8-2-6(10)3-12-9(8)13-5-7/h2-3,7,11H,4-5H2,1H3,(H,12,13). The molecule has 76 valence electrons. The average Bonchev–Trinajstić information content (AvgIpc) is 2.39. The van der Waals surface area contributed by atoms with Gasteiger partial charge in [-0.2, -0.15) is 0 Å². The van der Waals surface area contributed by atoms with Crippen molar-refractivity contribution in [1.29, 1.82) is 0 Å². The average molecular weight is 214 g/mol. The largest absolute Gasteiger partial charge is 0.379 e. The van der Waals surface area contributed by atoms with Crippen LogP contribution in [-0.4, -0.2) is 31.3 Å². The normalized spacial score (nSPS) is 20.3. The van der Waals surface area contributed by atoms with Gasteiger partial charge in [-0.05, 0) is 6.07 Å². The van der Waals surface area contributed by atoms with E-state index in [1.165, 1.54) is 0 Å². The van der Waals surface area contributed by atoms with Crippen LogP contribution in [0, 0.1) is 0 Å². The summed E-state index contributed by atoms with van der Waals surface area (Å²) in [5.41, 5.74) is 0.928. The van der Waals surface area contributed by atoms with E-state index in [2.05, 4.69) is 15.6 Å². The number of halogens is 1. The minimum absolute atomic E-state index is 0.156. The second-order valence-electron chi connectivity index (χ2n) is 3.17. The van der Waals surface area contributed by atoms with E-state index >= 15 is 0 Å². The molecule has 1 atom stereocenters. The summed E-state index contributed by atoms with van der Waals surface area (Å²) >= 11 is 5.84. The molecule has 0 radical (unpaired) electrons. The molecule has 2 rings (SSSR count). The zero-order valence-corrected chi connectivity index (χ0v) is 8.64. The minimum atomic E-state index is 0.156. The van der Waals surface area contributed by atoms with E-state index in [9.17, 15) is 0 Å². The first-order chi connectivity index (χ1) is 6.79. The van der Waals surface area contributed by atoms with E-state index < -0.39 is 0 Å². The number of anilines is 2. The van der Waals surface area contributed by atoms with Crippen LogP contribution in [0.5, 0.6) is 0 Å². The smallest absolute Gasteiger partial charge is 0.149 e. The first-order valence-corrected chi connectivity index (χ1v) is 4.83. The van der Waals surface area contributed by atoms with Crippen LogP contribution >= 0.6 is 11.6 Å². The number of nitrogens with one attached hydrogen (secondary N) is 2. The molecule has 2 N–H and O–H groups in total. The Morgan fingerprint density at radius 2 is 2.29 bits per heavy atom. The lowest BCUT2D eigenvalue weighted by molar-refractivity contribution is 0.124. The Kier molecular flexibility index (Phi) is 2.74. The molecular weight excluding hydrogens is 202 g/mol. The number of hydrogen-bond donors (Lipinski definition) is 2. The monoisotopic (exact) mass is 213 g/mol. The van der Waals surface area contributed by atoms with E-state index in [0.29, 0.717) is 5.02 Å². The van der Waals surface area contributed by atoms with Crippen LogP contribution in [0.3, 0.4) is 0 Å². The Labute approximate surface area is 87.6 Å². The first-order valence-electron chi connectivity index (χ1n) is 4.45. The molecule has 0 saturated carbocycles. The van der Waals surface area contributed by atoms with E-state index in [-0.39, 0.29) is 6.10 Å². The summed E-state index contributed by atoms with van der Waals surface area (Å²) in [4.78, 5) is 4.19. The quantitative estimate of drug-likeness (QED) is 0.744. The summed E-state index contributed by atoms with van der Waals surface area (Å²) < 4.78 is 5.25. The van der Waals surface area contributed by atoms with Crippen molar-refractivity contribution in [2.75, 3.05) is 30.8 Å². The summed E-state index contributed by atoms with van der Waals surface area (Å²) in [6.07, 6.45) is 1.78. The van der Waals surface area contributed by atoms with Gasteiger partial charge in [-0.1, -0.05) is 11.6 Å². The number of hydrogen-bond acceptors (Lipinski definition) is 4. The van der Waals surface area contributed by atoms with Gasteiger partial charge < -0.3 is 15.4 Å². The third-order valence-electron chi connectivity index (χ3n) is 2.21. The summed E-state index contributed by atoms with van der Waals surface area (Å²) in [6.45, 7) is 1.52. The molecule has 4 nitrogen and oxygen atoms in total. The van der Waals surface area contributed by atoms with Gasteiger partial charge in [0.2, 0.25) is 0 Å². The number of nitrogens with zero attached hydrogens (tertiary/aromatic N) is 1. The highest BCUT2D eigenvalue weighted by Crippen LogP contribution is 2.24. The van der Waals surface area contributed by atoms with Crippen LogP contribution in [-0.2, 0) is 4.74 Å². The number of methoxy groups -OCH3 is 1. The molecule has 0 bridgehead atoms. The van der Waals surface area contributed by atoms with Gasteiger partial charge in [0.1, 0.15) is 5.82 Å². The first kappa shape index (κ1) is 9.55. The minimum Gasteiger partial charge on any atom is -0.379 e. The Bertz CT molecular complexity index is 332. The fourth-order valence-electron chi connectivity index (χ4n) is 1.39. The Morgan fingerprint density at radius 3 is 3.07 bits per heavy atom. The van der Waals surface area contributed by atoms with E-state index in [4.69, 9.17) is 16.3 Å². The highest BCUT2D eigenvalue weighted by Gasteiger charge is 2.15. The maximum absolute atomic E-state index is 5.84. The fourth-order valence-corrected chi connectivity index (χ4v) is 1.55. The second-order valence-corrected chi connectivity index (χ2v) is 3.61. The number of aromatic nitrogens is 1. The third kappa shape index (κ3) is 1.91. The topological polar surface area (TPSA) is 46.2 Å². The van der Waals surface area contributed by atoms with Gasteiger partial charge in [0.05, 0.1) is 16.8 Å². The van der Waals surface area contributed by atoms with Gasteiger partial charge in [0.15, 0.2) is 0 Å². The number of pyridine rings is 1. The molecule has 2 heterocycles. The maximum atomic E-state index is 5.84. The van der Waals surface area contributed by atoms with Crippen LogP contribution in [0.2, 0.25) is 5.02 Å². The molecule has 14 heavy (non-hydrogen) atoms. The molecular formula is C9H12ClN3O. The van der Waals surface area contributed by atoms with E-state index in [1.54, 1.807) is 13.3 Å². The van der Waals surface area contributed by atoms with Gasteiger partial charge in [0.25, 0.3) is 0 Å². The predicted molar refractivity (Wildman–Crippen MR) is 57.0 cm³/mol. The molecule has 1 aliphatic heterocycles. The van der Waals surface area contributed by atoms with E-state index in [0.717, 1.165) is 24.6 Å². The number of ether oxygens (including phenoxy) is 1. The van der Waals surface area contributed by atoms with Crippen molar-refractivity contribution in [3.8, 4) is 0 Å². The lowest BCUT2D eigenvalue weighted by Crippen LogP contribution is -2.26. The highest BCUT2D eigenvalue weighted by atomic mass is 35.5. The zero-order valence-electron chi connectivity index (χ0n) is 7.88. The molecule has 1 aliphatic rings. The number of rotatable bonds is 1. The van der Waals surface area contributed by atoms with Crippen LogP contribution in [0.4, 0.5) is 11.5 Å². The molecule has 1 aromatic rings. The summed E-state index contributed by atoms with van der Waals surface area (Å²) in [5.74, 6) is 0.828. The molecule has 5 heteroatoms. The molecule has 0 fully saturated rings. The van der Waals surface area contributed by atoms with Crippen LogP contribution in [0.1, 0.15) is 0 Å². The van der Waals surface area contributed by atoms with Crippen LogP contribution in [0.15, 0.2) is 12.3 Å². The summed E-state index contributed by atoms with van der Waals surface area (Å²) in [5, 5.41) is 7.06. The third-order valence-corrected chi connectivity index (χ3v) is 2.41. The van der Waals surface area contributed by atoms with Crippen molar-refractivity contribution in [3.63, 3.8) is 0 Å². The number of fused-ring (bicyclic) bond motifs is 1. The fraction of sp³-hybridized carbons (Fsp3) is 0.444. The summed E-state index contributed by atoms with van der Waals surface area (Å²) in [7, 11) is 1.70. The van der Waals surface area contributed by atoms with Crippen molar-refractivity contribution in [3.05, 3.63) is 17.3 Å². The molecule has 0 amide bonds. The molecule has 0 spiro atoms.